The summed E-state index contributed by atoms with van der Waals surface area (Å²) >= 11 is 5.77. The van der Waals surface area contributed by atoms with E-state index >= 15 is 0 Å². The molecule has 0 aromatic heterocycles. The molecule has 0 atom stereocenters. The fourth-order valence-electron chi connectivity index (χ4n) is 1.80. The van der Waals surface area contributed by atoms with Gasteiger partial charge in [-0.15, -0.1) is 0 Å². The summed E-state index contributed by atoms with van der Waals surface area (Å²) in [7, 11) is 0. The molecule has 0 saturated heterocycles. The van der Waals surface area contributed by atoms with E-state index in [9.17, 15) is 4.79 Å². The van der Waals surface area contributed by atoms with E-state index in [2.05, 4.69) is 16.6 Å². The molecule has 0 aliphatic rings. The highest BCUT2D eigenvalue weighted by Gasteiger charge is 2.03. The quantitative estimate of drug-likeness (QED) is 0.678. The second-order valence-corrected chi connectivity index (χ2v) is 5.00. The molecule has 102 valence electrons. The lowest BCUT2D eigenvalue weighted by Gasteiger charge is -2.02. The summed E-state index contributed by atoms with van der Waals surface area (Å²) < 4.78 is 0. The van der Waals surface area contributed by atoms with E-state index in [1.54, 1.807) is 30.5 Å². The van der Waals surface area contributed by atoms with Crippen LogP contribution in [0, 0.1) is 13.8 Å². The van der Waals surface area contributed by atoms with Gasteiger partial charge < -0.3 is 0 Å². The van der Waals surface area contributed by atoms with Crippen LogP contribution in [0.15, 0.2) is 47.6 Å². The first-order valence-corrected chi connectivity index (χ1v) is 6.60. The number of halogens is 1. The standard InChI is InChI=1S/C16H15ClN2O/c1-11-3-4-14(12(2)9-11)10-18-19-16(20)13-5-7-15(17)8-6-13/h3-10H,1-2H3,(H,19,20)/b18-10-. The van der Waals surface area contributed by atoms with Crippen molar-refractivity contribution in [2.75, 3.05) is 0 Å². The van der Waals surface area contributed by atoms with E-state index in [4.69, 9.17) is 11.6 Å². The van der Waals surface area contributed by atoms with Gasteiger partial charge in [0.15, 0.2) is 0 Å². The highest BCUT2D eigenvalue weighted by Crippen LogP contribution is 2.10. The zero-order valence-electron chi connectivity index (χ0n) is 11.4. The summed E-state index contributed by atoms with van der Waals surface area (Å²) in [5, 5.41) is 4.57. The molecular weight excluding hydrogens is 272 g/mol. The molecule has 2 rings (SSSR count). The fourth-order valence-corrected chi connectivity index (χ4v) is 1.92. The molecule has 2 aromatic carbocycles. The van der Waals surface area contributed by atoms with E-state index in [0.29, 0.717) is 10.6 Å². The molecule has 0 bridgehead atoms. The third-order valence-corrected chi connectivity index (χ3v) is 3.15. The van der Waals surface area contributed by atoms with Crippen LogP contribution in [0.3, 0.4) is 0 Å². The average Bonchev–Trinajstić information content (AvgIpc) is 2.42. The van der Waals surface area contributed by atoms with Crippen LogP contribution in [0.1, 0.15) is 27.0 Å². The number of amides is 1. The molecule has 3 nitrogen and oxygen atoms in total. The van der Waals surface area contributed by atoms with Crippen molar-refractivity contribution in [3.8, 4) is 0 Å². The van der Waals surface area contributed by atoms with Crippen LogP contribution >= 0.6 is 11.6 Å². The molecule has 4 heteroatoms. The first-order valence-electron chi connectivity index (χ1n) is 6.22. The third-order valence-electron chi connectivity index (χ3n) is 2.90. The Labute approximate surface area is 123 Å². The molecule has 0 aliphatic heterocycles. The minimum absolute atomic E-state index is 0.261. The Morgan fingerprint density at radius 2 is 1.85 bits per heavy atom. The normalized spacial score (nSPS) is 10.8. The first-order chi connectivity index (χ1) is 9.56. The molecule has 0 heterocycles. The lowest BCUT2D eigenvalue weighted by atomic mass is 10.1. The van der Waals surface area contributed by atoms with E-state index in [1.165, 1.54) is 5.56 Å². The molecular formula is C16H15ClN2O. The van der Waals surface area contributed by atoms with Crippen molar-refractivity contribution in [3.63, 3.8) is 0 Å². The minimum atomic E-state index is -0.261. The highest BCUT2D eigenvalue weighted by atomic mass is 35.5. The topological polar surface area (TPSA) is 41.5 Å². The molecule has 0 fully saturated rings. The third kappa shape index (κ3) is 3.68. The van der Waals surface area contributed by atoms with Gasteiger partial charge in [-0.25, -0.2) is 5.43 Å². The van der Waals surface area contributed by atoms with Crippen LogP contribution < -0.4 is 5.43 Å². The number of hydrogen-bond donors (Lipinski definition) is 1. The van der Waals surface area contributed by atoms with Gasteiger partial charge in [-0.3, -0.25) is 4.79 Å². The lowest BCUT2D eigenvalue weighted by Crippen LogP contribution is -2.17. The second-order valence-electron chi connectivity index (χ2n) is 4.57. The lowest BCUT2D eigenvalue weighted by molar-refractivity contribution is 0.0955. The van der Waals surface area contributed by atoms with Crippen molar-refractivity contribution >= 4 is 23.7 Å². The van der Waals surface area contributed by atoms with E-state index in [-0.39, 0.29) is 5.91 Å². The van der Waals surface area contributed by atoms with Crippen LogP contribution in [0.25, 0.3) is 0 Å². The number of rotatable bonds is 3. The van der Waals surface area contributed by atoms with Crippen LogP contribution in [-0.4, -0.2) is 12.1 Å². The Kier molecular flexibility index (Phi) is 4.53. The number of nitrogens with one attached hydrogen (secondary N) is 1. The van der Waals surface area contributed by atoms with Gasteiger partial charge in [-0.05, 0) is 49.2 Å². The van der Waals surface area contributed by atoms with E-state index in [1.807, 2.05) is 26.0 Å². The molecule has 1 N–H and O–H groups in total. The maximum Gasteiger partial charge on any atom is 0.271 e. The van der Waals surface area contributed by atoms with E-state index in [0.717, 1.165) is 11.1 Å². The van der Waals surface area contributed by atoms with Gasteiger partial charge in [0.2, 0.25) is 0 Å². The van der Waals surface area contributed by atoms with Crippen molar-refractivity contribution in [1.29, 1.82) is 0 Å². The molecule has 1 amide bonds. The van der Waals surface area contributed by atoms with Crippen molar-refractivity contribution in [2.24, 2.45) is 5.10 Å². The van der Waals surface area contributed by atoms with Gasteiger partial charge in [0.1, 0.15) is 0 Å². The Balaban J connectivity index is 2.02. The highest BCUT2D eigenvalue weighted by molar-refractivity contribution is 6.30. The molecule has 0 saturated carbocycles. The average molecular weight is 287 g/mol. The van der Waals surface area contributed by atoms with Crippen LogP contribution in [0.2, 0.25) is 5.02 Å². The summed E-state index contributed by atoms with van der Waals surface area (Å²) in [5.41, 5.74) is 6.31. The maximum atomic E-state index is 11.8. The Morgan fingerprint density at radius 3 is 2.50 bits per heavy atom. The van der Waals surface area contributed by atoms with Crippen molar-refractivity contribution in [2.45, 2.75) is 13.8 Å². The first kappa shape index (κ1) is 14.3. The Morgan fingerprint density at radius 1 is 1.15 bits per heavy atom. The Bertz CT molecular complexity index is 648. The zero-order chi connectivity index (χ0) is 14.5. The smallest absolute Gasteiger partial charge is 0.267 e. The summed E-state index contributed by atoms with van der Waals surface area (Å²) in [4.78, 5) is 11.8. The maximum absolute atomic E-state index is 11.8. The number of carbonyl (C=O) groups excluding carboxylic acids is 1. The largest absolute Gasteiger partial charge is 0.271 e. The number of benzene rings is 2. The van der Waals surface area contributed by atoms with Crippen molar-refractivity contribution < 1.29 is 4.79 Å². The molecule has 0 radical (unpaired) electrons. The van der Waals surface area contributed by atoms with Gasteiger partial charge in [0.25, 0.3) is 5.91 Å². The molecule has 0 unspecified atom stereocenters. The van der Waals surface area contributed by atoms with Gasteiger partial charge in [-0.1, -0.05) is 35.4 Å². The monoisotopic (exact) mass is 286 g/mol. The predicted octanol–water partition coefficient (Wildman–Crippen LogP) is 3.72. The Hall–Kier alpha value is -2.13. The molecule has 20 heavy (non-hydrogen) atoms. The molecule has 0 aliphatic carbocycles. The number of hydrazone groups is 1. The van der Waals surface area contributed by atoms with Crippen LogP contribution in [-0.2, 0) is 0 Å². The summed E-state index contributed by atoms with van der Waals surface area (Å²) in [5.74, 6) is -0.261. The van der Waals surface area contributed by atoms with Gasteiger partial charge in [0, 0.05) is 10.6 Å². The predicted molar refractivity (Wildman–Crippen MR) is 82.4 cm³/mol. The van der Waals surface area contributed by atoms with Crippen molar-refractivity contribution in [3.05, 3.63) is 69.7 Å². The fraction of sp³-hybridized carbons (Fsp3) is 0.125. The summed E-state index contributed by atoms with van der Waals surface area (Å²) in [6.07, 6.45) is 1.64. The van der Waals surface area contributed by atoms with Gasteiger partial charge >= 0.3 is 0 Å². The zero-order valence-corrected chi connectivity index (χ0v) is 12.1. The van der Waals surface area contributed by atoms with Crippen LogP contribution in [0.4, 0.5) is 0 Å². The van der Waals surface area contributed by atoms with Crippen LogP contribution in [0.5, 0.6) is 0 Å². The van der Waals surface area contributed by atoms with Crippen molar-refractivity contribution in [1.82, 2.24) is 5.43 Å². The summed E-state index contributed by atoms with van der Waals surface area (Å²) in [6.45, 7) is 4.05. The minimum Gasteiger partial charge on any atom is -0.267 e. The second kappa shape index (κ2) is 6.35. The molecule has 2 aromatic rings. The number of nitrogens with zero attached hydrogens (tertiary/aromatic N) is 1. The number of aryl methyl sites for hydroxylation is 2. The summed E-state index contributed by atoms with van der Waals surface area (Å²) in [6, 6.07) is 12.7. The van der Waals surface area contributed by atoms with Gasteiger partial charge in [0.05, 0.1) is 6.21 Å². The number of hydrogen-bond acceptors (Lipinski definition) is 2. The van der Waals surface area contributed by atoms with Gasteiger partial charge in [-0.2, -0.15) is 5.10 Å². The number of carbonyl (C=O) groups is 1. The van der Waals surface area contributed by atoms with E-state index < -0.39 is 0 Å². The SMILES string of the molecule is Cc1ccc(/C=N\NC(=O)c2ccc(Cl)cc2)c(C)c1. The molecule has 0 spiro atoms.